The monoisotopic (exact) mass is 323 g/mol. The van der Waals surface area contributed by atoms with Crippen molar-refractivity contribution >= 4 is 17.5 Å². The molecule has 1 amide bonds. The molecule has 2 aromatic rings. The molecule has 2 N–H and O–H groups in total. The van der Waals surface area contributed by atoms with E-state index in [0.717, 1.165) is 5.56 Å². The molecular weight excluding hydrogens is 306 g/mol. The van der Waals surface area contributed by atoms with E-state index < -0.39 is 6.04 Å². The number of hydrogen-bond donors (Lipinski definition) is 2. The van der Waals surface area contributed by atoms with Gasteiger partial charge in [0, 0.05) is 10.9 Å². The second kappa shape index (κ2) is 7.33. The van der Waals surface area contributed by atoms with Crippen LogP contribution in [0.2, 0.25) is 5.02 Å². The number of carbonyl (C=O) groups excluding carboxylic acids is 1. The molecule has 0 aliphatic heterocycles. The van der Waals surface area contributed by atoms with Crippen molar-refractivity contribution in [3.05, 3.63) is 40.7 Å². The van der Waals surface area contributed by atoms with Gasteiger partial charge < -0.3 is 10.4 Å². The lowest BCUT2D eigenvalue weighted by atomic mass is 10.1. The van der Waals surface area contributed by atoms with E-state index in [4.69, 9.17) is 11.6 Å². The van der Waals surface area contributed by atoms with Gasteiger partial charge >= 0.3 is 0 Å². The lowest BCUT2D eigenvalue weighted by molar-refractivity contribution is -0.123. The fraction of sp³-hybridized carbons (Fsp3) is 0.429. The second-order valence-corrected chi connectivity index (χ2v) is 5.64. The number of aliphatic hydroxyl groups is 1. The first kappa shape index (κ1) is 16.4. The number of tetrazole rings is 1. The molecule has 22 heavy (non-hydrogen) atoms. The lowest BCUT2D eigenvalue weighted by Gasteiger charge is -2.17. The predicted molar refractivity (Wildman–Crippen MR) is 81.3 cm³/mol. The van der Waals surface area contributed by atoms with Crippen LogP contribution in [-0.4, -0.2) is 37.8 Å². The van der Waals surface area contributed by atoms with Gasteiger partial charge in [0.15, 0.2) is 5.82 Å². The maximum Gasteiger partial charge on any atom is 0.242 e. The van der Waals surface area contributed by atoms with E-state index >= 15 is 0 Å². The maximum absolute atomic E-state index is 12.1. The zero-order chi connectivity index (χ0) is 16.1. The summed E-state index contributed by atoms with van der Waals surface area (Å²) >= 11 is 5.83. The van der Waals surface area contributed by atoms with Gasteiger partial charge in [0.1, 0.15) is 6.54 Å². The average Bonchev–Trinajstić information content (AvgIpc) is 2.94. The Morgan fingerprint density at radius 2 is 2.05 bits per heavy atom. The molecule has 0 saturated carbocycles. The molecule has 0 aliphatic rings. The molecule has 1 unspecified atom stereocenters. The SMILES string of the molecule is CC(C)c1nnnn1CC(=O)NC(CO)c1ccc(Cl)cc1. The number of hydrogen-bond acceptors (Lipinski definition) is 5. The summed E-state index contributed by atoms with van der Waals surface area (Å²) in [5.74, 6) is 0.484. The molecule has 1 heterocycles. The molecule has 0 radical (unpaired) electrons. The molecule has 1 aromatic carbocycles. The van der Waals surface area contributed by atoms with Crippen molar-refractivity contribution in [3.63, 3.8) is 0 Å². The summed E-state index contributed by atoms with van der Waals surface area (Å²) in [6, 6.07) is 6.46. The van der Waals surface area contributed by atoms with Crippen LogP contribution in [0.1, 0.15) is 37.2 Å². The van der Waals surface area contributed by atoms with Gasteiger partial charge in [-0.05, 0) is 28.1 Å². The van der Waals surface area contributed by atoms with E-state index in [1.807, 2.05) is 13.8 Å². The minimum absolute atomic E-state index is 0.00457. The van der Waals surface area contributed by atoms with Gasteiger partial charge in [-0.25, -0.2) is 4.68 Å². The van der Waals surface area contributed by atoms with Crippen molar-refractivity contribution in [1.29, 1.82) is 0 Å². The van der Waals surface area contributed by atoms with Crippen LogP contribution in [0.5, 0.6) is 0 Å². The van der Waals surface area contributed by atoms with E-state index in [1.54, 1.807) is 24.3 Å². The quantitative estimate of drug-likeness (QED) is 0.836. The smallest absolute Gasteiger partial charge is 0.242 e. The summed E-state index contributed by atoms with van der Waals surface area (Å²) in [6.07, 6.45) is 0. The Hall–Kier alpha value is -1.99. The van der Waals surface area contributed by atoms with Crippen molar-refractivity contribution in [2.75, 3.05) is 6.61 Å². The van der Waals surface area contributed by atoms with Crippen molar-refractivity contribution in [2.45, 2.75) is 32.4 Å². The van der Waals surface area contributed by atoms with Crippen molar-refractivity contribution in [1.82, 2.24) is 25.5 Å². The van der Waals surface area contributed by atoms with Gasteiger partial charge in [0.2, 0.25) is 5.91 Å². The Labute approximate surface area is 133 Å². The van der Waals surface area contributed by atoms with Gasteiger partial charge in [-0.3, -0.25) is 4.79 Å². The van der Waals surface area contributed by atoms with Crippen molar-refractivity contribution < 1.29 is 9.90 Å². The van der Waals surface area contributed by atoms with Crippen LogP contribution in [0.3, 0.4) is 0 Å². The second-order valence-electron chi connectivity index (χ2n) is 5.20. The number of rotatable bonds is 6. The van der Waals surface area contributed by atoms with Gasteiger partial charge in [0.25, 0.3) is 0 Å². The fourth-order valence-corrected chi connectivity index (χ4v) is 2.17. The number of benzene rings is 1. The van der Waals surface area contributed by atoms with Crippen LogP contribution in [0.25, 0.3) is 0 Å². The first-order valence-corrected chi connectivity index (χ1v) is 7.30. The first-order chi connectivity index (χ1) is 10.5. The molecular formula is C14H18ClN5O2. The fourth-order valence-electron chi connectivity index (χ4n) is 2.04. The van der Waals surface area contributed by atoms with Gasteiger partial charge in [-0.1, -0.05) is 37.6 Å². The summed E-state index contributed by atoms with van der Waals surface area (Å²) in [5, 5.41) is 24.1. The molecule has 0 bridgehead atoms. The molecule has 0 spiro atoms. The van der Waals surface area contributed by atoms with E-state index in [9.17, 15) is 9.90 Å². The summed E-state index contributed by atoms with van der Waals surface area (Å²) in [6.45, 7) is 3.69. The molecule has 1 aromatic heterocycles. The largest absolute Gasteiger partial charge is 0.394 e. The number of aromatic nitrogens is 4. The molecule has 1 atom stereocenters. The number of nitrogens with one attached hydrogen (secondary N) is 1. The Morgan fingerprint density at radius 1 is 1.36 bits per heavy atom. The first-order valence-electron chi connectivity index (χ1n) is 6.93. The van der Waals surface area contributed by atoms with E-state index in [-0.39, 0.29) is 25.0 Å². The maximum atomic E-state index is 12.1. The van der Waals surface area contributed by atoms with E-state index in [0.29, 0.717) is 10.8 Å². The Balaban J connectivity index is 2.03. The normalized spacial score (nSPS) is 12.4. The average molecular weight is 324 g/mol. The highest BCUT2D eigenvalue weighted by atomic mass is 35.5. The Bertz CT molecular complexity index is 626. The highest BCUT2D eigenvalue weighted by Crippen LogP contribution is 2.16. The van der Waals surface area contributed by atoms with Crippen LogP contribution in [0, 0.1) is 0 Å². The van der Waals surface area contributed by atoms with Crippen LogP contribution in [0.15, 0.2) is 24.3 Å². The molecule has 2 rings (SSSR count). The zero-order valence-electron chi connectivity index (χ0n) is 12.4. The number of amides is 1. The molecule has 7 nitrogen and oxygen atoms in total. The van der Waals surface area contributed by atoms with Crippen molar-refractivity contribution in [3.8, 4) is 0 Å². The zero-order valence-corrected chi connectivity index (χ0v) is 13.2. The molecule has 0 fully saturated rings. The van der Waals surface area contributed by atoms with Crippen molar-refractivity contribution in [2.24, 2.45) is 0 Å². The topological polar surface area (TPSA) is 92.9 Å². The van der Waals surface area contributed by atoms with Gasteiger partial charge in [-0.2, -0.15) is 0 Å². The minimum Gasteiger partial charge on any atom is -0.394 e. The van der Waals surface area contributed by atoms with Crippen LogP contribution in [0.4, 0.5) is 0 Å². The molecule has 0 aliphatic carbocycles. The third-order valence-electron chi connectivity index (χ3n) is 3.16. The van der Waals surface area contributed by atoms with Crippen LogP contribution < -0.4 is 5.32 Å². The lowest BCUT2D eigenvalue weighted by Crippen LogP contribution is -2.34. The predicted octanol–water partition coefficient (Wildman–Crippen LogP) is 1.30. The third kappa shape index (κ3) is 4.02. The summed E-state index contributed by atoms with van der Waals surface area (Å²) in [5.41, 5.74) is 0.779. The Morgan fingerprint density at radius 3 is 2.64 bits per heavy atom. The minimum atomic E-state index is -0.497. The van der Waals surface area contributed by atoms with E-state index in [2.05, 4.69) is 20.8 Å². The highest BCUT2D eigenvalue weighted by molar-refractivity contribution is 6.30. The number of nitrogens with zero attached hydrogens (tertiary/aromatic N) is 4. The standard InChI is InChI=1S/C14H18ClN5O2/c1-9(2)14-17-18-19-20(14)7-13(22)16-12(8-21)10-3-5-11(15)6-4-10/h3-6,9,12,21H,7-8H2,1-2H3,(H,16,22). The Kier molecular flexibility index (Phi) is 5.46. The molecule has 0 saturated heterocycles. The molecule has 8 heteroatoms. The van der Waals surface area contributed by atoms with Gasteiger partial charge in [-0.15, -0.1) is 5.10 Å². The van der Waals surface area contributed by atoms with E-state index in [1.165, 1.54) is 4.68 Å². The molecule has 118 valence electrons. The summed E-state index contributed by atoms with van der Waals surface area (Å²) in [4.78, 5) is 12.1. The van der Waals surface area contributed by atoms with Crippen LogP contribution >= 0.6 is 11.6 Å². The third-order valence-corrected chi connectivity index (χ3v) is 3.41. The number of carbonyl (C=O) groups is 1. The highest BCUT2D eigenvalue weighted by Gasteiger charge is 2.17. The summed E-state index contributed by atoms with van der Waals surface area (Å²) < 4.78 is 1.45. The number of aliphatic hydroxyl groups excluding tert-OH is 1. The number of halogens is 1. The van der Waals surface area contributed by atoms with Gasteiger partial charge in [0.05, 0.1) is 12.6 Å². The van der Waals surface area contributed by atoms with Crippen LogP contribution in [-0.2, 0) is 11.3 Å². The summed E-state index contributed by atoms with van der Waals surface area (Å²) in [7, 11) is 0.